The van der Waals surface area contributed by atoms with E-state index in [0.717, 1.165) is 29.6 Å². The van der Waals surface area contributed by atoms with Crippen molar-refractivity contribution < 1.29 is 5.11 Å². The van der Waals surface area contributed by atoms with Gasteiger partial charge in [-0.3, -0.25) is 0 Å². The van der Waals surface area contributed by atoms with Crippen molar-refractivity contribution in [3.63, 3.8) is 0 Å². The number of para-hydroxylation sites is 1. The first-order valence-electron chi connectivity index (χ1n) is 6.28. The molecule has 0 amide bonds. The molecule has 0 aliphatic carbocycles. The fraction of sp³-hybridized carbons (Fsp3) is 0.429. The highest BCUT2D eigenvalue weighted by Crippen LogP contribution is 2.20. The van der Waals surface area contributed by atoms with Gasteiger partial charge >= 0.3 is 0 Å². The van der Waals surface area contributed by atoms with Crippen molar-refractivity contribution >= 4 is 16.7 Å². The number of benzene rings is 1. The molecule has 1 atom stereocenters. The van der Waals surface area contributed by atoms with E-state index in [9.17, 15) is 5.11 Å². The fourth-order valence-corrected chi connectivity index (χ4v) is 2.05. The SMILES string of the molecule is CCCC(C)(O)CNc1ncnc2ccccc12. The summed E-state index contributed by atoms with van der Waals surface area (Å²) in [6.45, 7) is 4.39. The molecule has 0 saturated carbocycles. The van der Waals surface area contributed by atoms with Crippen LogP contribution in [0.1, 0.15) is 26.7 Å². The molecule has 1 unspecified atom stereocenters. The standard InChI is InChI=1S/C14H19N3O/c1-3-8-14(2,18)9-15-13-11-6-4-5-7-12(11)16-10-17-13/h4-7,10,18H,3,8-9H2,1-2H3,(H,15,16,17). The molecule has 1 heterocycles. The summed E-state index contributed by atoms with van der Waals surface area (Å²) in [7, 11) is 0. The molecule has 2 aromatic rings. The Bertz CT molecular complexity index is 520. The minimum atomic E-state index is -0.708. The molecule has 1 aromatic carbocycles. The van der Waals surface area contributed by atoms with Gasteiger partial charge in [0.05, 0.1) is 11.1 Å². The minimum Gasteiger partial charge on any atom is -0.388 e. The normalized spacial score (nSPS) is 14.4. The van der Waals surface area contributed by atoms with Gasteiger partial charge in [0, 0.05) is 11.9 Å². The van der Waals surface area contributed by atoms with Crippen molar-refractivity contribution in [1.82, 2.24) is 9.97 Å². The summed E-state index contributed by atoms with van der Waals surface area (Å²) in [5.74, 6) is 0.775. The molecular formula is C14H19N3O. The molecule has 96 valence electrons. The third-order valence-electron chi connectivity index (χ3n) is 2.97. The fourth-order valence-electron chi connectivity index (χ4n) is 2.05. The predicted octanol–water partition coefficient (Wildman–Crippen LogP) is 2.59. The Morgan fingerprint density at radius 2 is 2.06 bits per heavy atom. The van der Waals surface area contributed by atoms with Crippen LogP contribution in [0.2, 0.25) is 0 Å². The Balaban J connectivity index is 2.17. The van der Waals surface area contributed by atoms with E-state index >= 15 is 0 Å². The second-order valence-electron chi connectivity index (χ2n) is 4.84. The van der Waals surface area contributed by atoms with E-state index in [1.165, 1.54) is 0 Å². The molecule has 0 spiro atoms. The monoisotopic (exact) mass is 245 g/mol. The minimum absolute atomic E-state index is 0.488. The molecule has 2 N–H and O–H groups in total. The van der Waals surface area contributed by atoms with Gasteiger partial charge in [0.25, 0.3) is 0 Å². The number of fused-ring (bicyclic) bond motifs is 1. The second-order valence-corrected chi connectivity index (χ2v) is 4.84. The summed E-state index contributed by atoms with van der Waals surface area (Å²) >= 11 is 0. The van der Waals surface area contributed by atoms with Crippen molar-refractivity contribution in [3.8, 4) is 0 Å². The van der Waals surface area contributed by atoms with Gasteiger partial charge in [-0.15, -0.1) is 0 Å². The van der Waals surface area contributed by atoms with E-state index in [1.807, 2.05) is 31.2 Å². The lowest BCUT2D eigenvalue weighted by Gasteiger charge is -2.23. The lowest BCUT2D eigenvalue weighted by Crippen LogP contribution is -2.33. The molecule has 4 nitrogen and oxygen atoms in total. The predicted molar refractivity (Wildman–Crippen MR) is 73.6 cm³/mol. The van der Waals surface area contributed by atoms with Crippen LogP contribution in [0, 0.1) is 0 Å². The van der Waals surface area contributed by atoms with E-state index in [4.69, 9.17) is 0 Å². The van der Waals surface area contributed by atoms with Crippen LogP contribution in [-0.2, 0) is 0 Å². The largest absolute Gasteiger partial charge is 0.388 e. The van der Waals surface area contributed by atoms with Crippen LogP contribution in [-0.4, -0.2) is 27.2 Å². The van der Waals surface area contributed by atoms with Crippen LogP contribution in [0.5, 0.6) is 0 Å². The maximum absolute atomic E-state index is 10.1. The zero-order valence-electron chi connectivity index (χ0n) is 10.8. The van der Waals surface area contributed by atoms with Crippen LogP contribution in [0.4, 0.5) is 5.82 Å². The smallest absolute Gasteiger partial charge is 0.137 e. The van der Waals surface area contributed by atoms with Gasteiger partial charge in [-0.1, -0.05) is 25.5 Å². The first kappa shape index (κ1) is 12.8. The van der Waals surface area contributed by atoms with E-state index in [2.05, 4.69) is 22.2 Å². The van der Waals surface area contributed by atoms with Crippen molar-refractivity contribution in [1.29, 1.82) is 0 Å². The third kappa shape index (κ3) is 2.96. The van der Waals surface area contributed by atoms with Crippen molar-refractivity contribution in [2.45, 2.75) is 32.3 Å². The number of nitrogens with zero attached hydrogens (tertiary/aromatic N) is 2. The molecule has 0 fully saturated rings. The van der Waals surface area contributed by atoms with Gasteiger partial charge in [0.2, 0.25) is 0 Å². The summed E-state index contributed by atoms with van der Waals surface area (Å²) < 4.78 is 0. The molecule has 0 aliphatic rings. The Hall–Kier alpha value is -1.68. The Morgan fingerprint density at radius 3 is 2.83 bits per heavy atom. The summed E-state index contributed by atoms with van der Waals surface area (Å²) in [5.41, 5.74) is 0.200. The number of rotatable bonds is 5. The highest BCUT2D eigenvalue weighted by molar-refractivity contribution is 5.88. The summed E-state index contributed by atoms with van der Waals surface area (Å²) in [5, 5.41) is 14.3. The summed E-state index contributed by atoms with van der Waals surface area (Å²) in [6.07, 6.45) is 3.27. The van der Waals surface area contributed by atoms with Crippen LogP contribution in [0.3, 0.4) is 0 Å². The maximum Gasteiger partial charge on any atom is 0.137 e. The first-order valence-corrected chi connectivity index (χ1v) is 6.28. The van der Waals surface area contributed by atoms with Crippen molar-refractivity contribution in [2.24, 2.45) is 0 Å². The second kappa shape index (κ2) is 5.31. The molecule has 18 heavy (non-hydrogen) atoms. The number of nitrogens with one attached hydrogen (secondary N) is 1. The number of anilines is 1. The van der Waals surface area contributed by atoms with E-state index in [1.54, 1.807) is 6.33 Å². The molecule has 0 saturated heterocycles. The molecular weight excluding hydrogens is 226 g/mol. The van der Waals surface area contributed by atoms with Gasteiger partial charge in [-0.25, -0.2) is 9.97 Å². The molecule has 2 rings (SSSR count). The number of aromatic nitrogens is 2. The molecule has 1 aromatic heterocycles. The molecule has 0 aliphatic heterocycles. The van der Waals surface area contributed by atoms with Crippen LogP contribution >= 0.6 is 0 Å². The van der Waals surface area contributed by atoms with Crippen molar-refractivity contribution in [3.05, 3.63) is 30.6 Å². The van der Waals surface area contributed by atoms with Crippen molar-refractivity contribution in [2.75, 3.05) is 11.9 Å². The highest BCUT2D eigenvalue weighted by atomic mass is 16.3. The van der Waals surface area contributed by atoms with E-state index < -0.39 is 5.60 Å². The Morgan fingerprint density at radius 1 is 1.28 bits per heavy atom. The van der Waals surface area contributed by atoms with Gasteiger partial charge in [0.15, 0.2) is 0 Å². The average Bonchev–Trinajstić information content (AvgIpc) is 2.36. The lowest BCUT2D eigenvalue weighted by molar-refractivity contribution is 0.0636. The molecule has 4 heteroatoms. The first-order chi connectivity index (χ1) is 8.62. The van der Waals surface area contributed by atoms with E-state index in [-0.39, 0.29) is 0 Å². The average molecular weight is 245 g/mol. The summed E-state index contributed by atoms with van der Waals surface area (Å²) in [4.78, 5) is 8.45. The van der Waals surface area contributed by atoms with Gasteiger partial charge in [-0.05, 0) is 25.5 Å². The summed E-state index contributed by atoms with van der Waals surface area (Å²) in [6, 6.07) is 7.84. The molecule has 0 radical (unpaired) electrons. The topological polar surface area (TPSA) is 58.0 Å². The maximum atomic E-state index is 10.1. The Labute approximate surface area is 107 Å². The quantitative estimate of drug-likeness (QED) is 0.850. The zero-order valence-corrected chi connectivity index (χ0v) is 10.8. The highest BCUT2D eigenvalue weighted by Gasteiger charge is 2.19. The van der Waals surface area contributed by atoms with Crippen LogP contribution in [0.25, 0.3) is 10.9 Å². The van der Waals surface area contributed by atoms with E-state index in [0.29, 0.717) is 6.54 Å². The van der Waals surface area contributed by atoms with Gasteiger partial charge in [0.1, 0.15) is 12.1 Å². The number of hydrogen-bond acceptors (Lipinski definition) is 4. The Kier molecular flexibility index (Phi) is 3.77. The number of hydrogen-bond donors (Lipinski definition) is 2. The van der Waals surface area contributed by atoms with Crippen LogP contribution in [0.15, 0.2) is 30.6 Å². The molecule has 0 bridgehead atoms. The number of aliphatic hydroxyl groups is 1. The van der Waals surface area contributed by atoms with Gasteiger partial charge < -0.3 is 10.4 Å². The zero-order chi connectivity index (χ0) is 13.0. The van der Waals surface area contributed by atoms with Gasteiger partial charge in [-0.2, -0.15) is 0 Å². The lowest BCUT2D eigenvalue weighted by atomic mass is 10.0. The van der Waals surface area contributed by atoms with Crippen LogP contribution < -0.4 is 5.32 Å². The third-order valence-corrected chi connectivity index (χ3v) is 2.97.